The SMILES string of the molecule is CCOC(=O)C1C(C)=NC(=S)NC1c1ccccc1C. The van der Waals surface area contributed by atoms with E-state index in [4.69, 9.17) is 17.0 Å². The van der Waals surface area contributed by atoms with E-state index in [0.717, 1.165) is 11.1 Å². The average molecular weight is 290 g/mol. The molecule has 1 aromatic rings. The number of hydrogen-bond donors (Lipinski definition) is 1. The molecule has 106 valence electrons. The molecule has 1 heterocycles. The fraction of sp³-hybridized carbons (Fsp3) is 0.400. The highest BCUT2D eigenvalue weighted by Crippen LogP contribution is 2.29. The van der Waals surface area contributed by atoms with Crippen LogP contribution in [0.15, 0.2) is 29.3 Å². The standard InChI is InChI=1S/C15H18N2O2S/c1-4-19-14(18)12-10(3)16-15(20)17-13(12)11-8-6-5-7-9(11)2/h5-8,12-13H,4H2,1-3H3,(H,17,20). The van der Waals surface area contributed by atoms with Crippen molar-refractivity contribution in [2.75, 3.05) is 6.61 Å². The lowest BCUT2D eigenvalue weighted by atomic mass is 9.86. The number of thiocarbonyl (C=S) groups is 1. The maximum atomic E-state index is 12.2. The largest absolute Gasteiger partial charge is 0.465 e. The summed E-state index contributed by atoms with van der Waals surface area (Å²) >= 11 is 5.16. The highest BCUT2D eigenvalue weighted by molar-refractivity contribution is 7.80. The molecule has 4 nitrogen and oxygen atoms in total. The molecule has 0 saturated heterocycles. The normalized spacial score (nSPS) is 21.9. The zero-order valence-electron chi connectivity index (χ0n) is 11.8. The molecule has 0 radical (unpaired) electrons. The van der Waals surface area contributed by atoms with E-state index in [1.54, 1.807) is 6.92 Å². The number of ether oxygens (including phenoxy) is 1. The highest BCUT2D eigenvalue weighted by atomic mass is 32.1. The van der Waals surface area contributed by atoms with E-state index >= 15 is 0 Å². The minimum atomic E-state index is -0.442. The Labute approximate surface area is 124 Å². The van der Waals surface area contributed by atoms with Gasteiger partial charge in [-0.3, -0.25) is 4.79 Å². The van der Waals surface area contributed by atoms with E-state index in [2.05, 4.69) is 10.3 Å². The monoisotopic (exact) mass is 290 g/mol. The minimum Gasteiger partial charge on any atom is -0.465 e. The molecule has 1 aromatic carbocycles. The average Bonchev–Trinajstić information content (AvgIpc) is 2.38. The summed E-state index contributed by atoms with van der Waals surface area (Å²) in [6.45, 7) is 5.99. The van der Waals surface area contributed by atoms with Crippen molar-refractivity contribution in [2.24, 2.45) is 10.9 Å². The Balaban J connectivity index is 2.43. The number of nitrogens with zero attached hydrogens (tertiary/aromatic N) is 1. The third-order valence-corrected chi connectivity index (χ3v) is 3.61. The molecule has 2 atom stereocenters. The van der Waals surface area contributed by atoms with E-state index in [0.29, 0.717) is 17.4 Å². The number of esters is 1. The molecule has 0 aromatic heterocycles. The third kappa shape index (κ3) is 2.88. The molecule has 0 aliphatic carbocycles. The molecule has 2 unspecified atom stereocenters. The molecular weight excluding hydrogens is 272 g/mol. The number of carbonyl (C=O) groups excluding carboxylic acids is 1. The maximum absolute atomic E-state index is 12.2. The number of benzene rings is 1. The number of aryl methyl sites for hydroxylation is 1. The van der Waals surface area contributed by atoms with Gasteiger partial charge in [-0.2, -0.15) is 0 Å². The first-order chi connectivity index (χ1) is 9.54. The second-order valence-corrected chi connectivity index (χ2v) is 5.15. The second-order valence-electron chi connectivity index (χ2n) is 4.77. The molecular formula is C15H18N2O2S. The van der Waals surface area contributed by atoms with Crippen molar-refractivity contribution in [2.45, 2.75) is 26.8 Å². The van der Waals surface area contributed by atoms with Gasteiger partial charge in [-0.15, -0.1) is 0 Å². The number of carbonyl (C=O) groups is 1. The first kappa shape index (κ1) is 14.7. The highest BCUT2D eigenvalue weighted by Gasteiger charge is 2.37. The maximum Gasteiger partial charge on any atom is 0.317 e. The van der Waals surface area contributed by atoms with Gasteiger partial charge in [0.25, 0.3) is 0 Å². The summed E-state index contributed by atoms with van der Waals surface area (Å²) in [6.07, 6.45) is 0. The van der Waals surface area contributed by atoms with Crippen molar-refractivity contribution in [3.63, 3.8) is 0 Å². The van der Waals surface area contributed by atoms with Crippen molar-refractivity contribution >= 4 is 29.0 Å². The molecule has 0 spiro atoms. The van der Waals surface area contributed by atoms with Gasteiger partial charge in [-0.1, -0.05) is 24.3 Å². The van der Waals surface area contributed by atoms with Crippen LogP contribution in [0.25, 0.3) is 0 Å². The van der Waals surface area contributed by atoms with Gasteiger partial charge >= 0.3 is 5.97 Å². The molecule has 0 bridgehead atoms. The number of rotatable bonds is 3. The quantitative estimate of drug-likeness (QED) is 0.686. The Bertz CT molecular complexity index is 569. The first-order valence-electron chi connectivity index (χ1n) is 6.62. The van der Waals surface area contributed by atoms with E-state index in [9.17, 15) is 4.79 Å². The van der Waals surface area contributed by atoms with Gasteiger partial charge in [0, 0.05) is 5.71 Å². The number of nitrogens with one attached hydrogen (secondary N) is 1. The Morgan fingerprint density at radius 2 is 2.10 bits per heavy atom. The lowest BCUT2D eigenvalue weighted by Crippen LogP contribution is -2.44. The van der Waals surface area contributed by atoms with Gasteiger partial charge in [0.1, 0.15) is 5.92 Å². The molecule has 2 rings (SSSR count). The van der Waals surface area contributed by atoms with Crippen molar-refractivity contribution in [3.8, 4) is 0 Å². The zero-order chi connectivity index (χ0) is 14.7. The predicted molar refractivity (Wildman–Crippen MR) is 82.9 cm³/mol. The van der Waals surface area contributed by atoms with Crippen LogP contribution in [-0.2, 0) is 9.53 Å². The Kier molecular flexibility index (Phi) is 4.49. The summed E-state index contributed by atoms with van der Waals surface area (Å²) < 4.78 is 5.18. The van der Waals surface area contributed by atoms with Crippen LogP contribution in [-0.4, -0.2) is 23.4 Å². The Hall–Kier alpha value is -1.75. The molecule has 1 N–H and O–H groups in total. The minimum absolute atomic E-state index is 0.222. The predicted octanol–water partition coefficient (Wildman–Crippen LogP) is 2.56. The van der Waals surface area contributed by atoms with Crippen molar-refractivity contribution < 1.29 is 9.53 Å². The van der Waals surface area contributed by atoms with Crippen LogP contribution in [0.2, 0.25) is 0 Å². The van der Waals surface area contributed by atoms with Gasteiger partial charge in [0.05, 0.1) is 12.6 Å². The Morgan fingerprint density at radius 1 is 1.40 bits per heavy atom. The molecule has 0 fully saturated rings. The van der Waals surface area contributed by atoms with Crippen LogP contribution < -0.4 is 5.32 Å². The fourth-order valence-electron chi connectivity index (χ4n) is 2.45. The van der Waals surface area contributed by atoms with Crippen molar-refractivity contribution in [1.82, 2.24) is 5.32 Å². The van der Waals surface area contributed by atoms with Crippen molar-refractivity contribution in [1.29, 1.82) is 0 Å². The zero-order valence-corrected chi connectivity index (χ0v) is 12.7. The van der Waals surface area contributed by atoms with Gasteiger partial charge in [-0.25, -0.2) is 4.99 Å². The molecule has 1 aliphatic heterocycles. The summed E-state index contributed by atoms with van der Waals surface area (Å²) in [6, 6.07) is 7.72. The molecule has 0 saturated carbocycles. The van der Waals surface area contributed by atoms with Crippen LogP contribution in [0.5, 0.6) is 0 Å². The van der Waals surface area contributed by atoms with Crippen LogP contribution in [0.4, 0.5) is 0 Å². The van der Waals surface area contributed by atoms with Crippen molar-refractivity contribution in [3.05, 3.63) is 35.4 Å². The topological polar surface area (TPSA) is 50.7 Å². The summed E-state index contributed by atoms with van der Waals surface area (Å²) in [5, 5.41) is 3.55. The smallest absolute Gasteiger partial charge is 0.317 e. The summed E-state index contributed by atoms with van der Waals surface area (Å²) in [5.74, 6) is -0.709. The molecule has 1 aliphatic rings. The number of hydrogen-bond acceptors (Lipinski definition) is 3. The Morgan fingerprint density at radius 3 is 2.75 bits per heavy atom. The van der Waals surface area contributed by atoms with Gasteiger partial charge in [0.15, 0.2) is 5.11 Å². The van der Waals surface area contributed by atoms with E-state index < -0.39 is 5.92 Å². The summed E-state index contributed by atoms with van der Waals surface area (Å²) in [4.78, 5) is 16.4. The van der Waals surface area contributed by atoms with Gasteiger partial charge < -0.3 is 10.1 Å². The summed E-state index contributed by atoms with van der Waals surface area (Å²) in [5.41, 5.74) is 2.85. The van der Waals surface area contributed by atoms with E-state index in [1.807, 2.05) is 38.1 Å². The van der Waals surface area contributed by atoms with E-state index in [-0.39, 0.29) is 12.0 Å². The first-order valence-corrected chi connectivity index (χ1v) is 7.03. The van der Waals surface area contributed by atoms with Gasteiger partial charge in [0.2, 0.25) is 0 Å². The molecule has 0 amide bonds. The molecule has 20 heavy (non-hydrogen) atoms. The lowest BCUT2D eigenvalue weighted by Gasteiger charge is -2.31. The van der Waals surface area contributed by atoms with Crippen LogP contribution in [0.3, 0.4) is 0 Å². The van der Waals surface area contributed by atoms with Crippen LogP contribution >= 0.6 is 12.2 Å². The van der Waals surface area contributed by atoms with Crippen LogP contribution in [0, 0.1) is 12.8 Å². The van der Waals surface area contributed by atoms with E-state index in [1.165, 1.54) is 0 Å². The van der Waals surface area contributed by atoms with Crippen LogP contribution in [0.1, 0.15) is 31.0 Å². The summed E-state index contributed by atoms with van der Waals surface area (Å²) in [7, 11) is 0. The lowest BCUT2D eigenvalue weighted by molar-refractivity contribution is -0.146. The fourth-order valence-corrected chi connectivity index (χ4v) is 2.72. The third-order valence-electron chi connectivity index (χ3n) is 3.40. The van der Waals surface area contributed by atoms with Gasteiger partial charge in [-0.05, 0) is 44.1 Å². The molecule has 5 heteroatoms. The second kappa shape index (κ2) is 6.13. The number of aliphatic imine (C=N–C) groups is 1.